The average Bonchev–Trinajstić information content (AvgIpc) is 3.59. The largest absolute Gasteiger partial charge is 0.336 e. The first-order valence-corrected chi connectivity index (χ1v) is 11.9. The maximum Gasteiger partial charge on any atom is 0.241 e. The highest BCUT2D eigenvalue weighted by Crippen LogP contribution is 2.34. The summed E-state index contributed by atoms with van der Waals surface area (Å²) in [6, 6.07) is 22.1. The zero-order valence-corrected chi connectivity index (χ0v) is 18.5. The minimum Gasteiger partial charge on any atom is -0.336 e. The van der Waals surface area contributed by atoms with Crippen LogP contribution in [0.25, 0.3) is 11.1 Å². The second-order valence-electron chi connectivity index (χ2n) is 8.08. The topological polar surface area (TPSA) is 99.1 Å². The third-order valence-electron chi connectivity index (χ3n) is 5.57. The second kappa shape index (κ2) is 9.14. The molecule has 6 nitrogen and oxygen atoms in total. The van der Waals surface area contributed by atoms with Crippen LogP contribution in [0.15, 0.2) is 83.8 Å². The van der Waals surface area contributed by atoms with Crippen LogP contribution in [-0.2, 0) is 21.2 Å². The molecular formula is C25H22FN3O3S. The molecule has 3 aromatic rings. The van der Waals surface area contributed by atoms with Gasteiger partial charge in [-0.05, 0) is 60.2 Å². The van der Waals surface area contributed by atoms with Gasteiger partial charge in [0.2, 0.25) is 15.9 Å². The van der Waals surface area contributed by atoms with E-state index in [9.17, 15) is 22.9 Å². The lowest BCUT2D eigenvalue weighted by Crippen LogP contribution is -2.51. The van der Waals surface area contributed by atoms with Crippen molar-refractivity contribution in [1.82, 2.24) is 10.0 Å². The number of nitriles is 1. The average molecular weight is 464 g/mol. The predicted octanol–water partition coefficient (Wildman–Crippen LogP) is 3.55. The van der Waals surface area contributed by atoms with E-state index >= 15 is 0 Å². The van der Waals surface area contributed by atoms with E-state index in [4.69, 9.17) is 0 Å². The van der Waals surface area contributed by atoms with Crippen LogP contribution < -0.4 is 10.0 Å². The number of carbonyl (C=O) groups excluding carboxylic acids is 1. The molecule has 33 heavy (non-hydrogen) atoms. The van der Waals surface area contributed by atoms with Gasteiger partial charge in [-0.2, -0.15) is 9.98 Å². The molecule has 168 valence electrons. The fraction of sp³-hybridized carbons (Fsp3) is 0.200. The number of hydrogen-bond acceptors (Lipinski definition) is 4. The second-order valence-corrected chi connectivity index (χ2v) is 9.79. The minimum absolute atomic E-state index is 0.000594. The summed E-state index contributed by atoms with van der Waals surface area (Å²) in [6.07, 6.45) is 1.23. The maximum absolute atomic E-state index is 13.2. The van der Waals surface area contributed by atoms with Crippen LogP contribution >= 0.6 is 0 Å². The Labute approximate surface area is 192 Å². The van der Waals surface area contributed by atoms with E-state index in [1.807, 2.05) is 30.3 Å². The Morgan fingerprint density at radius 2 is 1.55 bits per heavy atom. The minimum atomic E-state index is -4.03. The van der Waals surface area contributed by atoms with Crippen molar-refractivity contribution in [2.45, 2.75) is 35.7 Å². The zero-order chi connectivity index (χ0) is 23.5. The summed E-state index contributed by atoms with van der Waals surface area (Å²) < 4.78 is 41.8. The van der Waals surface area contributed by atoms with Gasteiger partial charge in [0.05, 0.1) is 11.0 Å². The van der Waals surface area contributed by atoms with Crippen LogP contribution in [0.1, 0.15) is 18.4 Å². The molecule has 3 aromatic carbocycles. The third kappa shape index (κ3) is 5.45. The molecule has 1 atom stereocenters. The number of sulfonamides is 1. The molecule has 2 N–H and O–H groups in total. The van der Waals surface area contributed by atoms with Crippen molar-refractivity contribution in [3.8, 4) is 17.2 Å². The van der Waals surface area contributed by atoms with Crippen LogP contribution in [0.2, 0.25) is 0 Å². The van der Waals surface area contributed by atoms with Crippen LogP contribution in [0.4, 0.5) is 4.39 Å². The third-order valence-corrected chi connectivity index (χ3v) is 7.05. The first-order valence-electron chi connectivity index (χ1n) is 10.5. The van der Waals surface area contributed by atoms with E-state index in [1.165, 1.54) is 24.3 Å². The number of hydrogen-bond donors (Lipinski definition) is 2. The van der Waals surface area contributed by atoms with Gasteiger partial charge in [0.25, 0.3) is 0 Å². The highest BCUT2D eigenvalue weighted by Gasteiger charge is 2.46. The van der Waals surface area contributed by atoms with Crippen molar-refractivity contribution in [2.75, 3.05) is 0 Å². The lowest BCUT2D eigenvalue weighted by Gasteiger charge is -2.20. The zero-order valence-electron chi connectivity index (χ0n) is 17.7. The van der Waals surface area contributed by atoms with Crippen molar-refractivity contribution in [2.24, 2.45) is 0 Å². The quantitative estimate of drug-likeness (QED) is 0.534. The van der Waals surface area contributed by atoms with Crippen LogP contribution in [-0.4, -0.2) is 25.9 Å². The number of nitrogens with one attached hydrogen (secondary N) is 2. The molecule has 0 bridgehead atoms. The molecule has 0 radical (unpaired) electrons. The molecule has 4 rings (SSSR count). The number of nitrogens with zero attached hydrogens (tertiary/aromatic N) is 1. The molecule has 0 aliphatic heterocycles. The fourth-order valence-electron chi connectivity index (χ4n) is 3.47. The fourth-order valence-corrected chi connectivity index (χ4v) is 4.67. The molecule has 8 heteroatoms. The van der Waals surface area contributed by atoms with E-state index in [0.29, 0.717) is 12.8 Å². The normalized spacial score (nSPS) is 15.3. The van der Waals surface area contributed by atoms with E-state index in [0.717, 1.165) is 16.7 Å². The van der Waals surface area contributed by atoms with E-state index in [-0.39, 0.29) is 17.1 Å². The molecule has 1 amide bonds. The smallest absolute Gasteiger partial charge is 0.241 e. The van der Waals surface area contributed by atoms with Gasteiger partial charge in [0.15, 0.2) is 0 Å². The lowest BCUT2D eigenvalue weighted by atomic mass is 10.1. The first kappa shape index (κ1) is 22.6. The Morgan fingerprint density at radius 1 is 0.970 bits per heavy atom. The summed E-state index contributed by atoms with van der Waals surface area (Å²) in [5, 5.41) is 12.0. The van der Waals surface area contributed by atoms with Gasteiger partial charge in [-0.15, -0.1) is 0 Å². The summed E-state index contributed by atoms with van der Waals surface area (Å²) in [5.41, 5.74) is 1.36. The molecular weight excluding hydrogens is 441 g/mol. The van der Waals surface area contributed by atoms with Gasteiger partial charge in [0, 0.05) is 0 Å². The van der Waals surface area contributed by atoms with Crippen molar-refractivity contribution < 1.29 is 17.6 Å². The van der Waals surface area contributed by atoms with E-state index < -0.39 is 27.5 Å². The van der Waals surface area contributed by atoms with Gasteiger partial charge in [0.1, 0.15) is 17.4 Å². The molecule has 1 aliphatic carbocycles. The highest BCUT2D eigenvalue weighted by molar-refractivity contribution is 7.89. The maximum atomic E-state index is 13.2. The summed E-state index contributed by atoms with van der Waals surface area (Å²) in [6.45, 7) is 0. The Hall–Kier alpha value is -3.54. The lowest BCUT2D eigenvalue weighted by molar-refractivity contribution is -0.123. The predicted molar refractivity (Wildman–Crippen MR) is 122 cm³/mol. The summed E-state index contributed by atoms with van der Waals surface area (Å²) >= 11 is 0. The van der Waals surface area contributed by atoms with E-state index in [1.54, 1.807) is 24.3 Å². The number of halogens is 1. The van der Waals surface area contributed by atoms with Gasteiger partial charge >= 0.3 is 0 Å². The summed E-state index contributed by atoms with van der Waals surface area (Å²) in [5.74, 6) is -0.890. The number of amides is 1. The summed E-state index contributed by atoms with van der Waals surface area (Å²) in [4.78, 5) is 12.9. The molecule has 1 saturated carbocycles. The van der Waals surface area contributed by atoms with Crippen molar-refractivity contribution in [3.63, 3.8) is 0 Å². The molecule has 0 unspecified atom stereocenters. The van der Waals surface area contributed by atoms with Gasteiger partial charge in [-0.25, -0.2) is 12.8 Å². The monoisotopic (exact) mass is 463 g/mol. The van der Waals surface area contributed by atoms with Crippen molar-refractivity contribution in [3.05, 3.63) is 90.2 Å². The van der Waals surface area contributed by atoms with Gasteiger partial charge < -0.3 is 5.32 Å². The highest BCUT2D eigenvalue weighted by atomic mass is 32.2. The van der Waals surface area contributed by atoms with Crippen LogP contribution in [0.3, 0.4) is 0 Å². The number of carbonyl (C=O) groups is 1. The van der Waals surface area contributed by atoms with Gasteiger partial charge in [-0.1, -0.05) is 54.6 Å². The van der Waals surface area contributed by atoms with Crippen molar-refractivity contribution >= 4 is 15.9 Å². The summed E-state index contributed by atoms with van der Waals surface area (Å²) in [7, 11) is -4.03. The van der Waals surface area contributed by atoms with E-state index in [2.05, 4.69) is 16.1 Å². The molecule has 0 aromatic heterocycles. The molecule has 1 fully saturated rings. The molecule has 1 aliphatic rings. The Kier molecular flexibility index (Phi) is 6.27. The Bertz CT molecular complexity index is 1280. The molecule has 0 spiro atoms. The van der Waals surface area contributed by atoms with Crippen LogP contribution in [0, 0.1) is 17.1 Å². The first-order chi connectivity index (χ1) is 15.8. The van der Waals surface area contributed by atoms with Crippen molar-refractivity contribution in [1.29, 1.82) is 5.26 Å². The van der Waals surface area contributed by atoms with Crippen LogP contribution in [0.5, 0.6) is 0 Å². The van der Waals surface area contributed by atoms with Gasteiger partial charge in [-0.3, -0.25) is 4.79 Å². The molecule has 0 heterocycles. The standard InChI is InChI=1S/C25H22FN3O3S/c26-21-10-6-19(7-11-21)20-8-12-22(13-9-20)33(31,32)29-23(16-18-4-2-1-3-5-18)24(30)28-25(17-27)14-15-25/h1-13,23,29H,14-16H2,(H,28,30)/t23-/m0/s1. The number of benzene rings is 3. The number of rotatable bonds is 8. The SMILES string of the molecule is N#CC1(NC(=O)[C@H](Cc2ccccc2)NS(=O)(=O)c2ccc(-c3ccc(F)cc3)cc2)CC1. The Balaban J connectivity index is 1.55. The molecule has 0 saturated heterocycles. The Morgan fingerprint density at radius 3 is 2.09 bits per heavy atom.